The summed E-state index contributed by atoms with van der Waals surface area (Å²) in [6, 6.07) is 16.1. The largest absolute Gasteiger partial charge is 0.349 e. The highest BCUT2D eigenvalue weighted by Crippen LogP contribution is 2.35. The van der Waals surface area contributed by atoms with Crippen molar-refractivity contribution in [3.05, 3.63) is 69.9 Å². The number of benzene rings is 1. The molecule has 1 amide bonds. The number of amides is 1. The second-order valence-electron chi connectivity index (χ2n) is 8.08. The molecular formula is C24H25Cl2N5OS. The van der Waals surface area contributed by atoms with Crippen LogP contribution in [-0.4, -0.2) is 39.3 Å². The Bertz CT molecular complexity index is 1220. The van der Waals surface area contributed by atoms with Gasteiger partial charge in [-0.25, -0.2) is 4.98 Å². The minimum absolute atomic E-state index is 0. The molecule has 1 saturated heterocycles. The van der Waals surface area contributed by atoms with E-state index in [1.165, 1.54) is 17.3 Å². The molecule has 33 heavy (non-hydrogen) atoms. The van der Waals surface area contributed by atoms with Crippen LogP contribution in [0.4, 0.5) is 0 Å². The number of carbonyl (C=O) groups excluding carboxylic acids is 1. The molecule has 2 aromatic heterocycles. The zero-order valence-corrected chi connectivity index (χ0v) is 20.6. The summed E-state index contributed by atoms with van der Waals surface area (Å²) in [6.45, 7) is 4.75. The van der Waals surface area contributed by atoms with Crippen molar-refractivity contribution in [2.75, 3.05) is 13.1 Å². The number of nitrogens with zero attached hydrogens (tertiary/aromatic N) is 4. The number of hydrogen-bond donors (Lipinski definition) is 1. The van der Waals surface area contributed by atoms with Crippen molar-refractivity contribution in [1.82, 2.24) is 19.6 Å². The van der Waals surface area contributed by atoms with E-state index in [2.05, 4.69) is 25.7 Å². The molecule has 2 aliphatic heterocycles. The SMILES string of the molecule is Cc1nc2cccc3n2c1C=C(C(=O)NC1CCN(Cc2ccc(C#N)cc2)CC1)S3.Cl.Cl. The standard InChI is InChI=1S/C24H23N5OS.2ClH/c1-16-20-13-21(31-23-4-2-3-22(26-16)29(20)23)24(30)27-19-9-11-28(12-10-19)15-18-7-5-17(14-25)6-8-18;;/h2-8,13,19H,9-12,15H2,1H3,(H,27,30);2*1H. The van der Waals surface area contributed by atoms with Crippen LogP contribution in [0.1, 0.15) is 35.4 Å². The smallest absolute Gasteiger partial charge is 0.258 e. The van der Waals surface area contributed by atoms with Gasteiger partial charge in [-0.2, -0.15) is 5.26 Å². The van der Waals surface area contributed by atoms with E-state index in [1.54, 1.807) is 0 Å². The van der Waals surface area contributed by atoms with Crippen molar-refractivity contribution < 1.29 is 4.79 Å². The Morgan fingerprint density at radius 3 is 2.61 bits per heavy atom. The highest BCUT2D eigenvalue weighted by Gasteiger charge is 2.25. The molecule has 2 aliphatic rings. The summed E-state index contributed by atoms with van der Waals surface area (Å²) in [5.74, 6) is -0.000560. The lowest BCUT2D eigenvalue weighted by Gasteiger charge is -2.32. The quantitative estimate of drug-likeness (QED) is 0.565. The first-order valence-electron chi connectivity index (χ1n) is 10.5. The maximum absolute atomic E-state index is 13.0. The van der Waals surface area contributed by atoms with Crippen molar-refractivity contribution in [2.45, 2.75) is 37.4 Å². The minimum Gasteiger partial charge on any atom is -0.349 e. The van der Waals surface area contributed by atoms with Gasteiger partial charge in [-0.3, -0.25) is 14.1 Å². The number of nitriles is 1. The fourth-order valence-electron chi connectivity index (χ4n) is 4.26. The van der Waals surface area contributed by atoms with Gasteiger partial charge in [0.05, 0.1) is 33.0 Å². The predicted molar refractivity (Wildman–Crippen MR) is 136 cm³/mol. The van der Waals surface area contributed by atoms with Crippen molar-refractivity contribution in [3.8, 4) is 6.07 Å². The molecule has 1 fully saturated rings. The molecule has 0 spiro atoms. The van der Waals surface area contributed by atoms with E-state index >= 15 is 0 Å². The third-order valence-electron chi connectivity index (χ3n) is 5.95. The maximum atomic E-state index is 13.0. The predicted octanol–water partition coefficient (Wildman–Crippen LogP) is 4.59. The summed E-state index contributed by atoms with van der Waals surface area (Å²) in [5.41, 5.74) is 4.75. The Kier molecular flexibility index (Phi) is 8.09. The average molecular weight is 502 g/mol. The molecule has 1 aromatic carbocycles. The monoisotopic (exact) mass is 501 g/mol. The van der Waals surface area contributed by atoms with Crippen LogP contribution in [0, 0.1) is 18.3 Å². The molecule has 9 heteroatoms. The summed E-state index contributed by atoms with van der Waals surface area (Å²) in [4.78, 5) is 20.7. The molecule has 5 rings (SSSR count). The number of aromatic nitrogens is 2. The number of likely N-dealkylation sites (tertiary alicyclic amines) is 1. The number of halogens is 2. The van der Waals surface area contributed by atoms with Crippen LogP contribution in [0.2, 0.25) is 0 Å². The molecule has 0 radical (unpaired) electrons. The molecule has 6 nitrogen and oxygen atoms in total. The number of nitrogens with one attached hydrogen (secondary N) is 1. The Hall–Kier alpha value is -2.50. The van der Waals surface area contributed by atoms with E-state index in [0.29, 0.717) is 5.56 Å². The second kappa shape index (κ2) is 10.6. The molecule has 172 valence electrons. The van der Waals surface area contributed by atoms with E-state index in [1.807, 2.05) is 55.5 Å². The minimum atomic E-state index is -0.000560. The molecule has 0 saturated carbocycles. The third-order valence-corrected chi connectivity index (χ3v) is 7.00. The van der Waals surface area contributed by atoms with Gasteiger partial charge in [-0.15, -0.1) is 24.8 Å². The number of pyridine rings is 1. The van der Waals surface area contributed by atoms with Crippen molar-refractivity contribution in [2.24, 2.45) is 0 Å². The van der Waals surface area contributed by atoms with Crippen LogP contribution < -0.4 is 5.32 Å². The zero-order chi connectivity index (χ0) is 21.4. The summed E-state index contributed by atoms with van der Waals surface area (Å²) in [5, 5.41) is 13.2. The lowest BCUT2D eigenvalue weighted by atomic mass is 10.0. The van der Waals surface area contributed by atoms with Gasteiger partial charge in [0.2, 0.25) is 0 Å². The number of piperidine rings is 1. The van der Waals surface area contributed by atoms with Crippen molar-refractivity contribution in [3.63, 3.8) is 0 Å². The molecule has 0 bridgehead atoms. The number of rotatable bonds is 4. The molecule has 3 aromatic rings. The van der Waals surface area contributed by atoms with Crippen LogP contribution in [0.15, 0.2) is 52.4 Å². The molecule has 0 unspecified atom stereocenters. The van der Waals surface area contributed by atoms with Gasteiger partial charge in [-0.1, -0.05) is 30.0 Å². The van der Waals surface area contributed by atoms with Gasteiger partial charge in [-0.05, 0) is 55.7 Å². The lowest BCUT2D eigenvalue weighted by Crippen LogP contribution is -2.44. The van der Waals surface area contributed by atoms with Gasteiger partial charge in [0.15, 0.2) is 0 Å². The Labute approximate surface area is 209 Å². The topological polar surface area (TPSA) is 73.4 Å². The summed E-state index contributed by atoms with van der Waals surface area (Å²) in [7, 11) is 0. The molecule has 4 heterocycles. The van der Waals surface area contributed by atoms with Gasteiger partial charge in [0.25, 0.3) is 5.91 Å². The number of carbonyl (C=O) groups is 1. The Morgan fingerprint density at radius 1 is 1.18 bits per heavy atom. The molecule has 1 N–H and O–H groups in total. The van der Waals surface area contributed by atoms with E-state index in [4.69, 9.17) is 5.26 Å². The first-order chi connectivity index (χ1) is 15.1. The van der Waals surface area contributed by atoms with Crippen molar-refractivity contribution in [1.29, 1.82) is 5.26 Å². The van der Waals surface area contributed by atoms with E-state index < -0.39 is 0 Å². The Morgan fingerprint density at radius 2 is 1.91 bits per heavy atom. The van der Waals surface area contributed by atoms with Crippen LogP contribution in [-0.2, 0) is 11.3 Å². The summed E-state index contributed by atoms with van der Waals surface area (Å²) >= 11 is 1.50. The number of thioether (sulfide) groups is 1. The van der Waals surface area contributed by atoms with Crippen LogP contribution >= 0.6 is 36.6 Å². The van der Waals surface area contributed by atoms with E-state index in [0.717, 1.165) is 59.4 Å². The maximum Gasteiger partial charge on any atom is 0.258 e. The van der Waals surface area contributed by atoms with Gasteiger partial charge in [0.1, 0.15) is 5.65 Å². The second-order valence-corrected chi connectivity index (χ2v) is 9.15. The van der Waals surface area contributed by atoms with E-state index in [-0.39, 0.29) is 36.8 Å². The normalized spacial score (nSPS) is 15.7. The third kappa shape index (κ3) is 5.20. The lowest BCUT2D eigenvalue weighted by molar-refractivity contribution is -0.117. The average Bonchev–Trinajstić information content (AvgIpc) is 3.12. The molecule has 0 aliphatic carbocycles. The fraction of sp³-hybridized carbons (Fsp3) is 0.292. The highest BCUT2D eigenvalue weighted by atomic mass is 35.5. The summed E-state index contributed by atoms with van der Waals surface area (Å²) in [6.07, 6.45) is 3.83. The van der Waals surface area contributed by atoms with Gasteiger partial charge >= 0.3 is 0 Å². The van der Waals surface area contributed by atoms with E-state index in [9.17, 15) is 4.79 Å². The zero-order valence-electron chi connectivity index (χ0n) is 18.2. The van der Waals surface area contributed by atoms with Crippen molar-refractivity contribution >= 4 is 54.2 Å². The molecular weight excluding hydrogens is 477 g/mol. The number of aryl methyl sites for hydroxylation is 1. The number of imidazole rings is 1. The first kappa shape index (κ1) is 25.1. The Balaban J connectivity index is 0.00000153. The van der Waals surface area contributed by atoms with Gasteiger partial charge < -0.3 is 5.32 Å². The first-order valence-corrected chi connectivity index (χ1v) is 11.3. The van der Waals surface area contributed by atoms with Gasteiger partial charge in [0, 0.05) is 25.7 Å². The fourth-order valence-corrected chi connectivity index (χ4v) is 5.24. The molecule has 0 atom stereocenters. The summed E-state index contributed by atoms with van der Waals surface area (Å²) < 4.78 is 2.11. The number of hydrogen-bond acceptors (Lipinski definition) is 5. The van der Waals surface area contributed by atoms with Crippen LogP contribution in [0.5, 0.6) is 0 Å². The van der Waals surface area contributed by atoms with Crippen LogP contribution in [0.25, 0.3) is 11.7 Å². The van der Waals surface area contributed by atoms with Crippen LogP contribution in [0.3, 0.4) is 0 Å². The highest BCUT2D eigenvalue weighted by molar-refractivity contribution is 8.04.